The number of carbonyl (C=O) groups is 1. The number of rotatable bonds is 7. The Morgan fingerprint density at radius 3 is 2.75 bits per heavy atom. The Kier molecular flexibility index (Phi) is 8.60. The predicted molar refractivity (Wildman–Crippen MR) is 158 cm³/mol. The SMILES string of the molecule is C\C=C/C(=C\C=[NH+]\O)CC(=O)N1CCC(C2c3ccc(Cl)cc3C=C(Cn3ccnc3C)c3cccnc32)CC1. The Hall–Kier alpha value is -3.97. The van der Waals surface area contributed by atoms with E-state index in [1.165, 1.54) is 17.4 Å². The van der Waals surface area contributed by atoms with Crippen LogP contribution in [-0.2, 0) is 11.3 Å². The first-order valence-electron chi connectivity index (χ1n) is 13.7. The summed E-state index contributed by atoms with van der Waals surface area (Å²) in [7, 11) is 0. The topological polar surface area (TPSA) is 85.2 Å². The Bertz CT molecular complexity index is 1490. The van der Waals surface area contributed by atoms with Crippen LogP contribution in [-0.4, -0.2) is 49.9 Å². The first-order valence-corrected chi connectivity index (χ1v) is 14.1. The number of likely N-dealkylation sites (tertiary alicyclic amines) is 1. The van der Waals surface area contributed by atoms with Crippen LogP contribution in [0.15, 0.2) is 72.7 Å². The van der Waals surface area contributed by atoms with Crippen molar-refractivity contribution in [3.8, 4) is 0 Å². The van der Waals surface area contributed by atoms with Gasteiger partial charge < -0.3 is 9.47 Å². The van der Waals surface area contributed by atoms with Crippen molar-refractivity contribution in [3.05, 3.63) is 106 Å². The number of piperidine rings is 1. The number of amides is 1. The van der Waals surface area contributed by atoms with E-state index in [9.17, 15) is 4.79 Å². The summed E-state index contributed by atoms with van der Waals surface area (Å²) >= 11 is 6.51. The van der Waals surface area contributed by atoms with Gasteiger partial charge in [0.15, 0.2) is 0 Å². The summed E-state index contributed by atoms with van der Waals surface area (Å²) < 4.78 is 2.15. The number of imidazole rings is 1. The van der Waals surface area contributed by atoms with Crippen LogP contribution in [0.4, 0.5) is 0 Å². The third-order valence-corrected chi connectivity index (χ3v) is 8.16. The van der Waals surface area contributed by atoms with Gasteiger partial charge in [-0.2, -0.15) is 0 Å². The average molecular weight is 557 g/mol. The molecule has 1 amide bonds. The van der Waals surface area contributed by atoms with Crippen LogP contribution >= 0.6 is 11.6 Å². The molecule has 1 aliphatic heterocycles. The summed E-state index contributed by atoms with van der Waals surface area (Å²) in [5, 5.41) is 11.6. The number of allylic oxidation sites excluding steroid dienone is 4. The Labute approximate surface area is 240 Å². The van der Waals surface area contributed by atoms with Gasteiger partial charge in [0.25, 0.3) is 0 Å². The number of halogens is 1. The lowest BCUT2D eigenvalue weighted by atomic mass is 9.76. The Morgan fingerprint density at radius 1 is 1.20 bits per heavy atom. The van der Waals surface area contributed by atoms with Crippen LogP contribution in [0.2, 0.25) is 5.02 Å². The number of fused-ring (bicyclic) bond motifs is 2. The average Bonchev–Trinajstić information content (AvgIpc) is 3.31. The second-order valence-electron chi connectivity index (χ2n) is 10.4. The number of carbonyl (C=O) groups excluding carboxylic acids is 1. The number of nitrogens with one attached hydrogen (secondary N) is 1. The zero-order chi connectivity index (χ0) is 28.1. The molecule has 3 heterocycles. The van der Waals surface area contributed by atoms with Crippen molar-refractivity contribution in [1.82, 2.24) is 19.4 Å². The van der Waals surface area contributed by atoms with Gasteiger partial charge in [0.1, 0.15) is 5.82 Å². The molecule has 0 saturated carbocycles. The quantitative estimate of drug-likeness (QED) is 0.193. The molecule has 2 N–H and O–H groups in total. The zero-order valence-electron chi connectivity index (χ0n) is 22.9. The highest BCUT2D eigenvalue weighted by Gasteiger charge is 2.35. The minimum absolute atomic E-state index is 0.0976. The van der Waals surface area contributed by atoms with E-state index in [0.29, 0.717) is 37.0 Å². The summed E-state index contributed by atoms with van der Waals surface area (Å²) in [6.07, 6.45) is 17.0. The molecule has 3 aromatic rings. The maximum absolute atomic E-state index is 13.2. The molecular weight excluding hydrogens is 522 g/mol. The maximum Gasteiger partial charge on any atom is 0.226 e. The number of benzene rings is 1. The number of nitrogens with zero attached hydrogens (tertiary/aromatic N) is 4. The van der Waals surface area contributed by atoms with E-state index in [-0.39, 0.29) is 11.8 Å². The number of hydrogen-bond donors (Lipinski definition) is 2. The lowest BCUT2D eigenvalue weighted by Crippen LogP contribution is -2.63. The minimum Gasteiger partial charge on any atom is -0.342 e. The van der Waals surface area contributed by atoms with Crippen LogP contribution in [0, 0.1) is 12.8 Å². The summed E-state index contributed by atoms with van der Waals surface area (Å²) in [6.45, 7) is 6.02. The molecule has 7 nitrogen and oxygen atoms in total. The van der Waals surface area contributed by atoms with Gasteiger partial charge in [-0.15, -0.1) is 0 Å². The third kappa shape index (κ3) is 5.94. The van der Waals surface area contributed by atoms with Crippen LogP contribution in [0.25, 0.3) is 11.6 Å². The van der Waals surface area contributed by atoms with Gasteiger partial charge in [-0.05, 0) is 84.3 Å². The molecule has 8 heteroatoms. The second kappa shape index (κ2) is 12.5. The molecule has 40 heavy (non-hydrogen) atoms. The van der Waals surface area contributed by atoms with E-state index in [1.807, 2.05) is 66.8 Å². The Balaban J connectivity index is 1.43. The van der Waals surface area contributed by atoms with E-state index < -0.39 is 0 Å². The fourth-order valence-corrected chi connectivity index (χ4v) is 6.15. The van der Waals surface area contributed by atoms with Gasteiger partial charge in [-0.3, -0.25) is 15.0 Å². The summed E-state index contributed by atoms with van der Waals surface area (Å²) in [6, 6.07) is 10.4. The van der Waals surface area contributed by atoms with Gasteiger partial charge in [0, 0.05) is 60.8 Å². The number of hydrogen-bond acceptors (Lipinski definition) is 4. The van der Waals surface area contributed by atoms with Crippen molar-refractivity contribution in [2.24, 2.45) is 5.92 Å². The van der Waals surface area contributed by atoms with Crippen LogP contribution in [0.5, 0.6) is 0 Å². The summed E-state index contributed by atoms with van der Waals surface area (Å²) in [5.41, 5.74) is 6.62. The highest BCUT2D eigenvalue weighted by Crippen LogP contribution is 2.45. The first kappa shape index (κ1) is 27.6. The normalized spacial score (nSPS) is 18.1. The molecule has 1 saturated heterocycles. The maximum atomic E-state index is 13.2. The van der Waals surface area contributed by atoms with Gasteiger partial charge in [-0.1, -0.05) is 35.9 Å². The molecule has 1 aliphatic carbocycles. The molecule has 0 spiro atoms. The molecule has 5 rings (SSSR count). The number of pyridine rings is 1. The van der Waals surface area contributed by atoms with Crippen molar-refractivity contribution < 1.29 is 15.2 Å². The highest BCUT2D eigenvalue weighted by atomic mass is 35.5. The molecule has 2 aromatic heterocycles. The minimum atomic E-state index is 0.0976. The zero-order valence-corrected chi connectivity index (χ0v) is 23.7. The first-order chi connectivity index (χ1) is 19.5. The van der Waals surface area contributed by atoms with Crippen molar-refractivity contribution in [2.45, 2.75) is 45.6 Å². The molecule has 1 unspecified atom stereocenters. The lowest BCUT2D eigenvalue weighted by Gasteiger charge is -2.37. The van der Waals surface area contributed by atoms with Crippen molar-refractivity contribution >= 4 is 35.4 Å². The standard InChI is InChI=1S/C32H34ClN5O2/c1-3-5-23(9-13-36-40)18-30(39)37-15-10-24(11-16-37)31-28-8-7-27(33)20-25(28)19-26(21-38-17-14-34-22(38)2)29-6-4-12-35-32(29)31/h3-9,12-14,17,19-20,24,31,40H,10-11,15-16,18,21H2,1-2H3/p+1/b5-3-,23-9+,36-13+. The molecule has 1 atom stereocenters. The van der Waals surface area contributed by atoms with E-state index in [1.54, 1.807) is 6.08 Å². The smallest absolute Gasteiger partial charge is 0.226 e. The molecule has 0 bridgehead atoms. The molecule has 206 valence electrons. The number of aryl methyl sites for hydroxylation is 1. The Morgan fingerprint density at radius 2 is 2.02 bits per heavy atom. The fraction of sp³-hybridized carbons (Fsp3) is 0.312. The largest absolute Gasteiger partial charge is 0.342 e. The van der Waals surface area contributed by atoms with E-state index >= 15 is 0 Å². The van der Waals surface area contributed by atoms with Crippen molar-refractivity contribution in [2.75, 3.05) is 13.1 Å². The molecule has 0 radical (unpaired) electrons. The van der Waals surface area contributed by atoms with E-state index in [4.69, 9.17) is 21.8 Å². The fourth-order valence-electron chi connectivity index (χ4n) is 5.97. The third-order valence-electron chi connectivity index (χ3n) is 7.93. The van der Waals surface area contributed by atoms with E-state index in [0.717, 1.165) is 41.1 Å². The van der Waals surface area contributed by atoms with Gasteiger partial charge in [-0.25, -0.2) is 4.98 Å². The van der Waals surface area contributed by atoms with Crippen LogP contribution in [0.3, 0.4) is 0 Å². The van der Waals surface area contributed by atoms with E-state index in [2.05, 4.69) is 33.8 Å². The summed E-state index contributed by atoms with van der Waals surface area (Å²) in [4.78, 5) is 24.5. The molecule has 2 aliphatic rings. The van der Waals surface area contributed by atoms with Crippen molar-refractivity contribution in [3.63, 3.8) is 0 Å². The van der Waals surface area contributed by atoms with Crippen LogP contribution < -0.4 is 5.16 Å². The van der Waals surface area contributed by atoms with Gasteiger partial charge in [0.2, 0.25) is 12.1 Å². The molecule has 1 fully saturated rings. The lowest BCUT2D eigenvalue weighted by molar-refractivity contribution is -0.733. The van der Waals surface area contributed by atoms with Crippen molar-refractivity contribution in [1.29, 1.82) is 0 Å². The highest BCUT2D eigenvalue weighted by molar-refractivity contribution is 6.30. The van der Waals surface area contributed by atoms with Gasteiger partial charge in [0.05, 0.1) is 12.1 Å². The number of aromatic nitrogens is 3. The summed E-state index contributed by atoms with van der Waals surface area (Å²) in [5.74, 6) is 1.49. The van der Waals surface area contributed by atoms with Gasteiger partial charge >= 0.3 is 0 Å². The molecule has 1 aromatic carbocycles. The second-order valence-corrected chi connectivity index (χ2v) is 10.8. The molecular formula is C32H35ClN5O2+. The monoisotopic (exact) mass is 556 g/mol. The van der Waals surface area contributed by atoms with Crippen LogP contribution in [0.1, 0.15) is 60.3 Å². The predicted octanol–water partition coefficient (Wildman–Crippen LogP) is 4.60.